The van der Waals surface area contributed by atoms with Gasteiger partial charge in [-0.2, -0.15) is 0 Å². The number of anilines is 2. The maximum absolute atomic E-state index is 4.46. The lowest BCUT2D eigenvalue weighted by molar-refractivity contribution is 1.37. The van der Waals surface area contributed by atoms with Crippen molar-refractivity contribution >= 4 is 22.3 Å². The summed E-state index contributed by atoms with van der Waals surface area (Å²) < 4.78 is 0. The number of fused-ring (bicyclic) bond motifs is 2. The van der Waals surface area contributed by atoms with Crippen molar-refractivity contribution in [3.8, 4) is 11.1 Å². The molecule has 2 heteroatoms. The van der Waals surface area contributed by atoms with Gasteiger partial charge in [-0.3, -0.25) is 4.98 Å². The molecule has 18 heavy (non-hydrogen) atoms. The van der Waals surface area contributed by atoms with E-state index in [1.165, 1.54) is 33.5 Å². The summed E-state index contributed by atoms with van der Waals surface area (Å²) in [4.78, 5) is 4.46. The lowest BCUT2D eigenvalue weighted by atomic mass is 9.93. The van der Waals surface area contributed by atoms with E-state index in [1.807, 2.05) is 6.20 Å². The highest BCUT2D eigenvalue weighted by Gasteiger charge is 2.18. The van der Waals surface area contributed by atoms with E-state index in [2.05, 4.69) is 59.7 Å². The molecule has 0 unspecified atom stereocenters. The van der Waals surface area contributed by atoms with E-state index >= 15 is 0 Å². The molecule has 0 fully saturated rings. The monoisotopic (exact) mass is 232 g/mol. The number of aryl methyl sites for hydroxylation is 1. The summed E-state index contributed by atoms with van der Waals surface area (Å²) in [5, 5.41) is 4.77. The van der Waals surface area contributed by atoms with Crippen LogP contribution < -0.4 is 5.32 Å². The van der Waals surface area contributed by atoms with Gasteiger partial charge in [-0.05, 0) is 36.2 Å². The number of benzene rings is 2. The fourth-order valence-corrected chi connectivity index (χ4v) is 2.70. The molecule has 0 atom stereocenters. The standard InChI is InChI=1S/C16H12N2/c1-10-6-7-14-15-12(8-9-17-14)11-4-2-3-5-13(11)18-16(10)15/h2-9,18H,1H3. The Labute approximate surface area is 105 Å². The molecule has 1 aliphatic heterocycles. The lowest BCUT2D eigenvalue weighted by Crippen LogP contribution is -2.03. The van der Waals surface area contributed by atoms with Gasteiger partial charge in [0.1, 0.15) is 0 Å². The van der Waals surface area contributed by atoms with Crippen molar-refractivity contribution in [3.05, 3.63) is 54.2 Å². The van der Waals surface area contributed by atoms with Crippen molar-refractivity contribution in [3.63, 3.8) is 0 Å². The molecule has 2 nitrogen and oxygen atoms in total. The van der Waals surface area contributed by atoms with E-state index in [9.17, 15) is 0 Å². The molecule has 2 heterocycles. The third-order valence-corrected chi connectivity index (χ3v) is 3.59. The van der Waals surface area contributed by atoms with Crippen LogP contribution in [-0.4, -0.2) is 4.98 Å². The van der Waals surface area contributed by atoms with Gasteiger partial charge < -0.3 is 5.32 Å². The van der Waals surface area contributed by atoms with Crippen LogP contribution in [0.25, 0.3) is 22.0 Å². The van der Waals surface area contributed by atoms with Crippen LogP contribution in [0.5, 0.6) is 0 Å². The Hall–Kier alpha value is -2.35. The van der Waals surface area contributed by atoms with Gasteiger partial charge in [-0.25, -0.2) is 0 Å². The fourth-order valence-electron chi connectivity index (χ4n) is 2.70. The molecule has 0 saturated carbocycles. The van der Waals surface area contributed by atoms with Gasteiger partial charge >= 0.3 is 0 Å². The first-order valence-electron chi connectivity index (χ1n) is 6.09. The molecule has 0 spiro atoms. The van der Waals surface area contributed by atoms with Crippen LogP contribution in [0.4, 0.5) is 11.4 Å². The van der Waals surface area contributed by atoms with Crippen molar-refractivity contribution in [2.24, 2.45) is 0 Å². The van der Waals surface area contributed by atoms with E-state index in [0.29, 0.717) is 0 Å². The predicted octanol–water partition coefficient (Wildman–Crippen LogP) is 4.27. The zero-order valence-corrected chi connectivity index (χ0v) is 10.1. The maximum atomic E-state index is 4.46. The molecule has 0 radical (unpaired) electrons. The van der Waals surface area contributed by atoms with Crippen molar-refractivity contribution in [1.29, 1.82) is 0 Å². The average molecular weight is 232 g/mol. The van der Waals surface area contributed by atoms with Gasteiger partial charge in [0.25, 0.3) is 0 Å². The van der Waals surface area contributed by atoms with E-state index < -0.39 is 0 Å². The molecule has 2 aromatic carbocycles. The van der Waals surface area contributed by atoms with E-state index in [-0.39, 0.29) is 0 Å². The summed E-state index contributed by atoms with van der Waals surface area (Å²) >= 11 is 0. The van der Waals surface area contributed by atoms with Gasteiger partial charge in [0, 0.05) is 22.8 Å². The van der Waals surface area contributed by atoms with Crippen LogP contribution >= 0.6 is 0 Å². The smallest absolute Gasteiger partial charge is 0.0729 e. The highest BCUT2D eigenvalue weighted by molar-refractivity contribution is 6.10. The topological polar surface area (TPSA) is 24.9 Å². The molecule has 0 bridgehead atoms. The normalized spacial score (nSPS) is 12.1. The zero-order valence-electron chi connectivity index (χ0n) is 10.1. The molecule has 1 aromatic heterocycles. The molecule has 1 N–H and O–H groups in total. The van der Waals surface area contributed by atoms with Gasteiger partial charge in [0.15, 0.2) is 0 Å². The summed E-state index contributed by atoms with van der Waals surface area (Å²) in [5.74, 6) is 0. The van der Waals surface area contributed by atoms with Gasteiger partial charge in [-0.15, -0.1) is 0 Å². The van der Waals surface area contributed by atoms with Crippen molar-refractivity contribution in [2.75, 3.05) is 5.32 Å². The van der Waals surface area contributed by atoms with Gasteiger partial charge in [0.2, 0.25) is 0 Å². The summed E-state index contributed by atoms with van der Waals surface area (Å²) in [6.07, 6.45) is 1.89. The lowest BCUT2D eigenvalue weighted by Gasteiger charge is -2.23. The Bertz CT molecular complexity index is 775. The Morgan fingerprint density at radius 2 is 1.83 bits per heavy atom. The van der Waals surface area contributed by atoms with Crippen molar-refractivity contribution in [1.82, 2.24) is 4.98 Å². The fraction of sp³-hybridized carbons (Fsp3) is 0.0625. The van der Waals surface area contributed by atoms with E-state index in [4.69, 9.17) is 0 Å². The molecular weight excluding hydrogens is 220 g/mol. The molecule has 1 aliphatic rings. The Morgan fingerprint density at radius 3 is 2.78 bits per heavy atom. The van der Waals surface area contributed by atoms with E-state index in [1.54, 1.807) is 0 Å². The summed E-state index contributed by atoms with van der Waals surface area (Å²) in [5.41, 5.74) is 7.19. The molecular formula is C16H12N2. The number of hydrogen-bond acceptors (Lipinski definition) is 2. The molecule has 0 amide bonds. The molecule has 4 rings (SSSR count). The second-order valence-electron chi connectivity index (χ2n) is 4.68. The first-order chi connectivity index (χ1) is 8.84. The number of pyridine rings is 1. The van der Waals surface area contributed by atoms with Crippen molar-refractivity contribution < 1.29 is 0 Å². The molecule has 3 aromatic rings. The first kappa shape index (κ1) is 9.66. The Morgan fingerprint density at radius 1 is 0.944 bits per heavy atom. The van der Waals surface area contributed by atoms with Crippen molar-refractivity contribution in [2.45, 2.75) is 6.92 Å². The summed E-state index contributed by atoms with van der Waals surface area (Å²) in [6, 6.07) is 14.7. The van der Waals surface area contributed by atoms with Crippen LogP contribution in [0.3, 0.4) is 0 Å². The minimum atomic E-state index is 1.05. The number of aromatic nitrogens is 1. The van der Waals surface area contributed by atoms with Gasteiger partial charge in [-0.1, -0.05) is 24.3 Å². The zero-order chi connectivity index (χ0) is 12.1. The average Bonchev–Trinajstić information content (AvgIpc) is 2.43. The van der Waals surface area contributed by atoms with Crippen LogP contribution in [0, 0.1) is 6.92 Å². The first-order valence-corrected chi connectivity index (χ1v) is 6.09. The maximum Gasteiger partial charge on any atom is 0.0729 e. The minimum Gasteiger partial charge on any atom is -0.354 e. The Kier molecular flexibility index (Phi) is 1.78. The second-order valence-corrected chi connectivity index (χ2v) is 4.68. The number of nitrogens with zero attached hydrogens (tertiary/aromatic N) is 1. The van der Waals surface area contributed by atoms with Crippen LogP contribution in [-0.2, 0) is 0 Å². The molecule has 0 aliphatic carbocycles. The number of hydrogen-bond donors (Lipinski definition) is 1. The SMILES string of the molecule is Cc1ccc2nccc3c2c1Nc1ccccc1-3. The number of nitrogens with one attached hydrogen (secondary N) is 1. The third-order valence-electron chi connectivity index (χ3n) is 3.59. The largest absolute Gasteiger partial charge is 0.354 e. The van der Waals surface area contributed by atoms with Gasteiger partial charge in [0.05, 0.1) is 11.2 Å². The molecule has 86 valence electrons. The van der Waals surface area contributed by atoms with Crippen LogP contribution in [0.15, 0.2) is 48.7 Å². The van der Waals surface area contributed by atoms with E-state index in [0.717, 1.165) is 5.52 Å². The highest BCUT2D eigenvalue weighted by Crippen LogP contribution is 2.43. The number of para-hydroxylation sites is 1. The minimum absolute atomic E-state index is 1.05. The highest BCUT2D eigenvalue weighted by atomic mass is 14.9. The third kappa shape index (κ3) is 1.15. The second kappa shape index (κ2) is 3.33. The predicted molar refractivity (Wildman–Crippen MR) is 75.2 cm³/mol. The Balaban J connectivity index is 2.23. The molecule has 0 saturated heterocycles. The summed E-state index contributed by atoms with van der Waals surface area (Å²) in [7, 11) is 0. The quantitative estimate of drug-likeness (QED) is 0.490. The summed E-state index contributed by atoms with van der Waals surface area (Å²) in [6.45, 7) is 2.13. The van der Waals surface area contributed by atoms with Crippen LogP contribution in [0.1, 0.15) is 5.56 Å². The van der Waals surface area contributed by atoms with Crippen LogP contribution in [0.2, 0.25) is 0 Å². The number of rotatable bonds is 0.